The molecule has 1 aliphatic heterocycles. The number of ether oxygens (including phenoxy) is 1. The first-order valence-corrected chi connectivity index (χ1v) is 7.06. The zero-order valence-electron chi connectivity index (χ0n) is 10.4. The van der Waals surface area contributed by atoms with E-state index in [4.69, 9.17) is 9.72 Å². The number of nitrogens with zero attached hydrogens (tertiary/aromatic N) is 1. The summed E-state index contributed by atoms with van der Waals surface area (Å²) in [5.41, 5.74) is 2.39. The predicted molar refractivity (Wildman–Crippen MR) is 75.5 cm³/mol. The number of anilines is 1. The lowest BCUT2D eigenvalue weighted by Crippen LogP contribution is -1.96. The monoisotopic (exact) mass is 260 g/mol. The molecule has 94 valence electrons. The minimum Gasteiger partial charge on any atom is -0.497 e. The summed E-state index contributed by atoms with van der Waals surface area (Å²) in [6, 6.07) is 8.10. The molecule has 0 saturated carbocycles. The number of aryl methyl sites for hydroxylation is 1. The van der Waals surface area contributed by atoms with Crippen LogP contribution in [0.15, 0.2) is 24.3 Å². The van der Waals surface area contributed by atoms with E-state index in [9.17, 15) is 0 Å². The molecule has 2 aromatic rings. The van der Waals surface area contributed by atoms with E-state index < -0.39 is 0 Å². The van der Waals surface area contributed by atoms with Gasteiger partial charge >= 0.3 is 0 Å². The molecule has 0 atom stereocenters. The molecule has 4 heteroatoms. The van der Waals surface area contributed by atoms with Crippen molar-refractivity contribution in [2.75, 3.05) is 19.0 Å². The summed E-state index contributed by atoms with van der Waals surface area (Å²) >= 11 is 1.75. The van der Waals surface area contributed by atoms with Crippen LogP contribution in [0.4, 0.5) is 5.00 Å². The molecule has 1 aromatic carbocycles. The van der Waals surface area contributed by atoms with Crippen LogP contribution in [-0.4, -0.2) is 18.6 Å². The Morgan fingerprint density at radius 3 is 2.83 bits per heavy atom. The second-order valence-corrected chi connectivity index (χ2v) is 5.41. The molecule has 0 saturated heterocycles. The van der Waals surface area contributed by atoms with Gasteiger partial charge in [-0.25, -0.2) is 4.98 Å². The Bertz CT molecular complexity index is 510. The fourth-order valence-electron chi connectivity index (χ4n) is 2.14. The van der Waals surface area contributed by atoms with E-state index in [0.717, 1.165) is 29.3 Å². The molecule has 0 bridgehead atoms. The molecule has 3 nitrogen and oxygen atoms in total. The Morgan fingerprint density at radius 1 is 1.22 bits per heavy atom. The smallest absolute Gasteiger partial charge is 0.125 e. The van der Waals surface area contributed by atoms with E-state index in [1.54, 1.807) is 18.4 Å². The lowest BCUT2D eigenvalue weighted by Gasteiger charge is -2.00. The van der Waals surface area contributed by atoms with Crippen LogP contribution in [0, 0.1) is 0 Å². The first-order valence-electron chi connectivity index (χ1n) is 6.25. The maximum Gasteiger partial charge on any atom is 0.125 e. The van der Waals surface area contributed by atoms with Crippen molar-refractivity contribution in [1.82, 2.24) is 4.98 Å². The van der Waals surface area contributed by atoms with Gasteiger partial charge in [-0.3, -0.25) is 0 Å². The summed E-state index contributed by atoms with van der Waals surface area (Å²) in [5.74, 6) is 0.884. The van der Waals surface area contributed by atoms with Crippen LogP contribution in [0.3, 0.4) is 0 Å². The van der Waals surface area contributed by atoms with Gasteiger partial charge in [-0.2, -0.15) is 0 Å². The number of hydrogen-bond donors (Lipinski definition) is 1. The van der Waals surface area contributed by atoms with Crippen LogP contribution >= 0.6 is 11.3 Å². The highest BCUT2D eigenvalue weighted by Gasteiger charge is 2.14. The zero-order valence-corrected chi connectivity index (χ0v) is 11.2. The average molecular weight is 260 g/mol. The minimum absolute atomic E-state index is 0.884. The number of fused-ring (bicyclic) bond motifs is 1. The fraction of sp³-hybridized carbons (Fsp3) is 0.357. The van der Waals surface area contributed by atoms with Crippen molar-refractivity contribution in [3.63, 3.8) is 0 Å². The van der Waals surface area contributed by atoms with Crippen LogP contribution in [0.2, 0.25) is 0 Å². The number of nitrogens with one attached hydrogen (secondary N) is 1. The second kappa shape index (κ2) is 4.98. The van der Waals surface area contributed by atoms with Crippen molar-refractivity contribution in [1.29, 1.82) is 0 Å². The summed E-state index contributed by atoms with van der Waals surface area (Å²) in [6.45, 7) is 1.07. The first-order chi connectivity index (χ1) is 8.86. The molecule has 2 heterocycles. The highest BCUT2D eigenvalue weighted by molar-refractivity contribution is 7.19. The third-order valence-corrected chi connectivity index (χ3v) is 4.26. The highest BCUT2D eigenvalue weighted by atomic mass is 32.1. The summed E-state index contributed by atoms with van der Waals surface area (Å²) in [6.07, 6.45) is 3.56. The molecular weight excluding hydrogens is 244 g/mol. The molecule has 1 N–H and O–H groups in total. The maximum atomic E-state index is 5.17. The molecule has 3 rings (SSSR count). The molecule has 0 amide bonds. The Kier molecular flexibility index (Phi) is 3.19. The fourth-order valence-corrected chi connectivity index (χ4v) is 3.18. The van der Waals surface area contributed by atoms with Gasteiger partial charge in [-0.1, -0.05) is 11.3 Å². The Morgan fingerprint density at radius 2 is 2.06 bits per heavy atom. The van der Waals surface area contributed by atoms with Crippen LogP contribution in [0.1, 0.15) is 18.5 Å². The van der Waals surface area contributed by atoms with Gasteiger partial charge < -0.3 is 10.1 Å². The minimum atomic E-state index is 0.884. The molecule has 1 aliphatic rings. The van der Waals surface area contributed by atoms with Crippen LogP contribution < -0.4 is 10.1 Å². The Labute approximate surface area is 111 Å². The normalized spacial score (nSPS) is 14.5. The third kappa shape index (κ3) is 2.20. The van der Waals surface area contributed by atoms with E-state index in [1.807, 2.05) is 12.1 Å². The lowest BCUT2D eigenvalue weighted by atomic mass is 10.2. The number of benzene rings is 1. The van der Waals surface area contributed by atoms with Gasteiger partial charge in [0.1, 0.15) is 15.8 Å². The highest BCUT2D eigenvalue weighted by Crippen LogP contribution is 2.34. The van der Waals surface area contributed by atoms with Gasteiger partial charge in [0.25, 0.3) is 0 Å². The van der Waals surface area contributed by atoms with Gasteiger partial charge in [0.15, 0.2) is 0 Å². The van der Waals surface area contributed by atoms with E-state index in [1.165, 1.54) is 23.5 Å². The molecule has 18 heavy (non-hydrogen) atoms. The number of rotatable bonds is 2. The van der Waals surface area contributed by atoms with Crippen molar-refractivity contribution in [2.24, 2.45) is 0 Å². The van der Waals surface area contributed by atoms with Crippen molar-refractivity contribution < 1.29 is 4.74 Å². The van der Waals surface area contributed by atoms with E-state index in [0.29, 0.717) is 0 Å². The van der Waals surface area contributed by atoms with Gasteiger partial charge in [0, 0.05) is 12.1 Å². The average Bonchev–Trinajstić information content (AvgIpc) is 2.70. The largest absolute Gasteiger partial charge is 0.497 e. The lowest BCUT2D eigenvalue weighted by molar-refractivity contribution is 0.415. The van der Waals surface area contributed by atoms with Crippen LogP contribution in [0.25, 0.3) is 10.6 Å². The van der Waals surface area contributed by atoms with Gasteiger partial charge in [0.2, 0.25) is 0 Å². The number of aromatic nitrogens is 1. The zero-order chi connectivity index (χ0) is 12.4. The van der Waals surface area contributed by atoms with Gasteiger partial charge in [0.05, 0.1) is 12.8 Å². The quantitative estimate of drug-likeness (QED) is 0.896. The first kappa shape index (κ1) is 11.5. The van der Waals surface area contributed by atoms with Crippen molar-refractivity contribution in [2.45, 2.75) is 19.3 Å². The third-order valence-electron chi connectivity index (χ3n) is 3.16. The summed E-state index contributed by atoms with van der Waals surface area (Å²) in [4.78, 5) is 4.75. The van der Waals surface area contributed by atoms with Crippen LogP contribution in [0.5, 0.6) is 5.75 Å². The standard InChI is InChI=1S/C14H16N2OS/c1-17-11-7-5-10(6-8-11)13-16-12-4-2-3-9-15-14(12)18-13/h5-8,15H,2-4,9H2,1H3. The van der Waals surface area contributed by atoms with Gasteiger partial charge in [-0.05, 0) is 43.5 Å². The second-order valence-electron chi connectivity index (χ2n) is 4.41. The van der Waals surface area contributed by atoms with Crippen molar-refractivity contribution in [3.8, 4) is 16.3 Å². The van der Waals surface area contributed by atoms with E-state index >= 15 is 0 Å². The van der Waals surface area contributed by atoms with Crippen molar-refractivity contribution >= 4 is 16.3 Å². The van der Waals surface area contributed by atoms with Crippen molar-refractivity contribution in [3.05, 3.63) is 30.0 Å². The Balaban J connectivity index is 1.91. The van der Waals surface area contributed by atoms with E-state index in [-0.39, 0.29) is 0 Å². The van der Waals surface area contributed by atoms with Crippen LogP contribution in [-0.2, 0) is 6.42 Å². The molecule has 0 radical (unpaired) electrons. The van der Waals surface area contributed by atoms with E-state index in [2.05, 4.69) is 17.4 Å². The number of hydrogen-bond acceptors (Lipinski definition) is 4. The molecule has 1 aromatic heterocycles. The number of thiazole rings is 1. The summed E-state index contributed by atoms with van der Waals surface area (Å²) < 4.78 is 5.17. The molecule has 0 aliphatic carbocycles. The Hall–Kier alpha value is -1.55. The molecule has 0 unspecified atom stereocenters. The molecule has 0 fully saturated rings. The number of methoxy groups -OCH3 is 1. The summed E-state index contributed by atoms with van der Waals surface area (Å²) in [7, 11) is 1.69. The predicted octanol–water partition coefficient (Wildman–Crippen LogP) is 3.57. The SMILES string of the molecule is COc1ccc(-c2nc3c(s2)NCCCC3)cc1. The van der Waals surface area contributed by atoms with Gasteiger partial charge in [-0.15, -0.1) is 0 Å². The molecular formula is C14H16N2OS. The maximum absolute atomic E-state index is 5.17. The molecule has 0 spiro atoms. The topological polar surface area (TPSA) is 34.1 Å². The summed E-state index contributed by atoms with van der Waals surface area (Å²) in [5, 5.41) is 5.81.